The summed E-state index contributed by atoms with van der Waals surface area (Å²) < 4.78 is 5.81. The topological polar surface area (TPSA) is 24.5 Å². The molecule has 0 spiro atoms. The second-order valence-corrected chi connectivity index (χ2v) is 6.19. The fraction of sp³-hybridized carbons (Fsp3) is 1.00. The molecule has 18 heavy (non-hydrogen) atoms. The van der Waals surface area contributed by atoms with E-state index in [1.165, 1.54) is 58.2 Å². The lowest BCUT2D eigenvalue weighted by atomic mass is 9.85. The summed E-state index contributed by atoms with van der Waals surface area (Å²) in [6.07, 6.45) is 8.70. The summed E-state index contributed by atoms with van der Waals surface area (Å²) in [6.45, 7) is 7.85. The van der Waals surface area contributed by atoms with Gasteiger partial charge in [-0.1, -0.05) is 12.8 Å². The first kappa shape index (κ1) is 14.3. The summed E-state index contributed by atoms with van der Waals surface area (Å²) in [4.78, 5) is 2.66. The minimum Gasteiger partial charge on any atom is -0.377 e. The maximum atomic E-state index is 5.81. The van der Waals surface area contributed by atoms with Crippen molar-refractivity contribution in [3.8, 4) is 0 Å². The Bertz CT molecular complexity index is 237. The highest BCUT2D eigenvalue weighted by Gasteiger charge is 2.36. The number of rotatable bonds is 6. The molecule has 1 saturated carbocycles. The molecule has 2 rings (SSSR count). The molecule has 1 aliphatic heterocycles. The van der Waals surface area contributed by atoms with Gasteiger partial charge in [-0.15, -0.1) is 0 Å². The molecule has 0 aromatic rings. The van der Waals surface area contributed by atoms with Crippen LogP contribution in [-0.4, -0.2) is 50.8 Å². The van der Waals surface area contributed by atoms with E-state index in [-0.39, 0.29) is 0 Å². The lowest BCUT2D eigenvalue weighted by Gasteiger charge is -2.39. The van der Waals surface area contributed by atoms with Crippen molar-refractivity contribution in [3.05, 3.63) is 0 Å². The van der Waals surface area contributed by atoms with E-state index >= 15 is 0 Å². The standard InChI is InChI=1S/C15H30N2O/c1-3-18-14-7-6-10-17(11-14)13-15(12-16-2)8-4-5-9-15/h14,16H,3-13H2,1-2H3. The Morgan fingerprint density at radius 1 is 1.28 bits per heavy atom. The molecule has 1 atom stereocenters. The Hall–Kier alpha value is -0.120. The molecule has 0 bridgehead atoms. The Morgan fingerprint density at radius 2 is 2.06 bits per heavy atom. The molecule has 1 unspecified atom stereocenters. The molecule has 3 nitrogen and oxygen atoms in total. The van der Waals surface area contributed by atoms with Crippen molar-refractivity contribution >= 4 is 0 Å². The van der Waals surface area contributed by atoms with Crippen LogP contribution in [-0.2, 0) is 4.74 Å². The number of piperidine rings is 1. The number of likely N-dealkylation sites (tertiary alicyclic amines) is 1. The van der Waals surface area contributed by atoms with E-state index in [4.69, 9.17) is 4.74 Å². The number of nitrogens with zero attached hydrogens (tertiary/aromatic N) is 1. The van der Waals surface area contributed by atoms with Crippen molar-refractivity contribution in [2.75, 3.05) is 39.8 Å². The predicted octanol–water partition coefficient (Wildman–Crippen LogP) is 2.27. The third kappa shape index (κ3) is 3.69. The number of hydrogen-bond donors (Lipinski definition) is 1. The van der Waals surface area contributed by atoms with Gasteiger partial charge in [0.25, 0.3) is 0 Å². The maximum Gasteiger partial charge on any atom is 0.0702 e. The van der Waals surface area contributed by atoms with Crippen LogP contribution in [0.3, 0.4) is 0 Å². The smallest absolute Gasteiger partial charge is 0.0702 e. The molecule has 0 amide bonds. The second-order valence-electron chi connectivity index (χ2n) is 6.19. The Morgan fingerprint density at radius 3 is 2.72 bits per heavy atom. The minimum atomic E-state index is 0.483. The molecule has 1 heterocycles. The van der Waals surface area contributed by atoms with Crippen LogP contribution in [0.1, 0.15) is 45.4 Å². The second kappa shape index (κ2) is 6.88. The molecule has 1 N–H and O–H groups in total. The molecule has 2 fully saturated rings. The summed E-state index contributed by atoms with van der Waals surface area (Å²) in [5.74, 6) is 0. The average Bonchev–Trinajstić information content (AvgIpc) is 2.79. The fourth-order valence-electron chi connectivity index (χ4n) is 3.89. The van der Waals surface area contributed by atoms with Gasteiger partial charge >= 0.3 is 0 Å². The van der Waals surface area contributed by atoms with Crippen LogP contribution in [0, 0.1) is 5.41 Å². The molecule has 3 heteroatoms. The number of hydrogen-bond acceptors (Lipinski definition) is 3. The first-order chi connectivity index (χ1) is 8.78. The zero-order valence-corrected chi connectivity index (χ0v) is 12.2. The van der Waals surface area contributed by atoms with Gasteiger partial charge in [0.1, 0.15) is 0 Å². The van der Waals surface area contributed by atoms with Crippen molar-refractivity contribution < 1.29 is 4.74 Å². The minimum absolute atomic E-state index is 0.483. The van der Waals surface area contributed by atoms with Crippen LogP contribution < -0.4 is 5.32 Å². The zero-order valence-electron chi connectivity index (χ0n) is 12.2. The van der Waals surface area contributed by atoms with Gasteiger partial charge in [0.15, 0.2) is 0 Å². The van der Waals surface area contributed by atoms with Gasteiger partial charge in [-0.3, -0.25) is 0 Å². The SMILES string of the molecule is CCOC1CCCN(CC2(CNC)CCCC2)C1. The molecule has 106 valence electrons. The molecule has 2 aliphatic rings. The van der Waals surface area contributed by atoms with E-state index < -0.39 is 0 Å². The van der Waals surface area contributed by atoms with E-state index in [2.05, 4.69) is 24.2 Å². The average molecular weight is 254 g/mol. The van der Waals surface area contributed by atoms with Crippen LogP contribution >= 0.6 is 0 Å². The zero-order chi connectivity index (χ0) is 12.8. The van der Waals surface area contributed by atoms with Crippen LogP contribution in [0.4, 0.5) is 0 Å². The van der Waals surface area contributed by atoms with Gasteiger partial charge in [-0.2, -0.15) is 0 Å². The molecule has 0 radical (unpaired) electrons. The number of nitrogens with one attached hydrogen (secondary N) is 1. The van der Waals surface area contributed by atoms with Gasteiger partial charge < -0.3 is 15.0 Å². The molecule has 0 aromatic heterocycles. The first-order valence-corrected chi connectivity index (χ1v) is 7.76. The van der Waals surface area contributed by atoms with Crippen molar-refractivity contribution in [2.24, 2.45) is 5.41 Å². The van der Waals surface area contributed by atoms with E-state index in [1.807, 2.05) is 0 Å². The molecular weight excluding hydrogens is 224 g/mol. The maximum absolute atomic E-state index is 5.81. The fourth-order valence-corrected chi connectivity index (χ4v) is 3.89. The Balaban J connectivity index is 1.86. The quantitative estimate of drug-likeness (QED) is 0.787. The summed E-state index contributed by atoms with van der Waals surface area (Å²) in [7, 11) is 2.10. The van der Waals surface area contributed by atoms with E-state index in [1.54, 1.807) is 0 Å². The lowest BCUT2D eigenvalue weighted by Crippen LogP contribution is -2.47. The van der Waals surface area contributed by atoms with Crippen molar-refractivity contribution in [1.82, 2.24) is 10.2 Å². The summed E-state index contributed by atoms with van der Waals surface area (Å²) in [6, 6.07) is 0. The highest BCUT2D eigenvalue weighted by Crippen LogP contribution is 2.38. The van der Waals surface area contributed by atoms with Gasteiger partial charge in [0, 0.05) is 26.2 Å². The first-order valence-electron chi connectivity index (χ1n) is 7.76. The van der Waals surface area contributed by atoms with E-state index in [9.17, 15) is 0 Å². The van der Waals surface area contributed by atoms with Crippen LogP contribution in [0.25, 0.3) is 0 Å². The van der Waals surface area contributed by atoms with Crippen LogP contribution in [0.2, 0.25) is 0 Å². The highest BCUT2D eigenvalue weighted by atomic mass is 16.5. The highest BCUT2D eigenvalue weighted by molar-refractivity contribution is 4.90. The van der Waals surface area contributed by atoms with Gasteiger partial charge in [0.2, 0.25) is 0 Å². The summed E-state index contributed by atoms with van der Waals surface area (Å²) in [5.41, 5.74) is 0.544. The van der Waals surface area contributed by atoms with Gasteiger partial charge in [-0.05, 0) is 51.6 Å². The normalized spacial score (nSPS) is 28.7. The molecule has 0 aromatic carbocycles. The van der Waals surface area contributed by atoms with Gasteiger partial charge in [0.05, 0.1) is 6.10 Å². The Kier molecular flexibility index (Phi) is 5.46. The van der Waals surface area contributed by atoms with Crippen LogP contribution in [0.5, 0.6) is 0 Å². The van der Waals surface area contributed by atoms with Gasteiger partial charge in [-0.25, -0.2) is 0 Å². The predicted molar refractivity (Wildman–Crippen MR) is 75.9 cm³/mol. The summed E-state index contributed by atoms with van der Waals surface area (Å²) >= 11 is 0. The molecular formula is C15H30N2O. The third-order valence-corrected chi connectivity index (χ3v) is 4.64. The Labute approximate surface area is 112 Å². The summed E-state index contributed by atoms with van der Waals surface area (Å²) in [5, 5.41) is 3.42. The van der Waals surface area contributed by atoms with Crippen molar-refractivity contribution in [3.63, 3.8) is 0 Å². The largest absolute Gasteiger partial charge is 0.377 e. The lowest BCUT2D eigenvalue weighted by molar-refractivity contribution is -0.00623. The number of ether oxygens (including phenoxy) is 1. The van der Waals surface area contributed by atoms with Crippen LogP contribution in [0.15, 0.2) is 0 Å². The molecule has 1 aliphatic carbocycles. The monoisotopic (exact) mass is 254 g/mol. The van der Waals surface area contributed by atoms with E-state index in [0.717, 1.165) is 13.2 Å². The van der Waals surface area contributed by atoms with Crippen molar-refractivity contribution in [1.29, 1.82) is 0 Å². The van der Waals surface area contributed by atoms with Crippen molar-refractivity contribution in [2.45, 2.75) is 51.6 Å². The third-order valence-electron chi connectivity index (χ3n) is 4.64. The molecule has 1 saturated heterocycles. The van der Waals surface area contributed by atoms with E-state index in [0.29, 0.717) is 11.5 Å².